The number of hydrogen-bond donors (Lipinski definition) is 1. The van der Waals surface area contributed by atoms with Crippen LogP contribution in [-0.2, 0) is 6.42 Å². The number of hydrogen-bond acceptors (Lipinski definition) is 2. The SMILES string of the molecule is O=C(O)c1ccc(Cc2ccc(N(c3ccccc3)c3ccccc3)cc2)cc1. The molecule has 0 aromatic heterocycles. The second kappa shape index (κ2) is 8.44. The quantitative estimate of drug-likeness (QED) is 0.419. The zero-order chi connectivity index (χ0) is 20.1. The van der Waals surface area contributed by atoms with Crippen LogP contribution in [0.25, 0.3) is 0 Å². The molecule has 0 aliphatic heterocycles. The van der Waals surface area contributed by atoms with Gasteiger partial charge in [0.25, 0.3) is 0 Å². The summed E-state index contributed by atoms with van der Waals surface area (Å²) in [5, 5.41) is 9.03. The van der Waals surface area contributed by atoms with E-state index in [-0.39, 0.29) is 0 Å². The fourth-order valence-corrected chi connectivity index (χ4v) is 3.37. The Kier molecular flexibility index (Phi) is 5.39. The summed E-state index contributed by atoms with van der Waals surface area (Å²) >= 11 is 0. The molecule has 0 saturated heterocycles. The van der Waals surface area contributed by atoms with E-state index in [2.05, 4.69) is 53.4 Å². The molecule has 3 nitrogen and oxygen atoms in total. The number of carbonyl (C=O) groups is 1. The molecule has 3 heteroatoms. The largest absolute Gasteiger partial charge is 0.478 e. The molecule has 29 heavy (non-hydrogen) atoms. The van der Waals surface area contributed by atoms with Crippen LogP contribution in [-0.4, -0.2) is 11.1 Å². The van der Waals surface area contributed by atoms with Crippen molar-refractivity contribution in [3.63, 3.8) is 0 Å². The first-order chi connectivity index (χ1) is 14.2. The summed E-state index contributed by atoms with van der Waals surface area (Å²) in [5.74, 6) is -0.900. The fourth-order valence-electron chi connectivity index (χ4n) is 3.37. The zero-order valence-corrected chi connectivity index (χ0v) is 15.9. The third-order valence-electron chi connectivity index (χ3n) is 4.83. The van der Waals surface area contributed by atoms with Gasteiger partial charge in [0.1, 0.15) is 0 Å². The fraction of sp³-hybridized carbons (Fsp3) is 0.0385. The second-order valence-corrected chi connectivity index (χ2v) is 6.85. The lowest BCUT2D eigenvalue weighted by Gasteiger charge is -2.25. The Labute approximate surface area is 170 Å². The van der Waals surface area contributed by atoms with Crippen LogP contribution in [0.15, 0.2) is 109 Å². The molecule has 0 bridgehead atoms. The highest BCUT2D eigenvalue weighted by molar-refractivity contribution is 5.87. The van der Waals surface area contributed by atoms with E-state index in [9.17, 15) is 4.79 Å². The van der Waals surface area contributed by atoms with E-state index in [1.807, 2.05) is 48.5 Å². The third kappa shape index (κ3) is 4.36. The molecule has 0 heterocycles. The van der Waals surface area contributed by atoms with Crippen molar-refractivity contribution < 1.29 is 9.90 Å². The van der Waals surface area contributed by atoms with Gasteiger partial charge in [0.15, 0.2) is 0 Å². The monoisotopic (exact) mass is 379 g/mol. The van der Waals surface area contributed by atoms with Crippen molar-refractivity contribution in [3.8, 4) is 0 Å². The number of para-hydroxylation sites is 2. The van der Waals surface area contributed by atoms with E-state index < -0.39 is 5.97 Å². The van der Waals surface area contributed by atoms with Crippen molar-refractivity contribution in [1.29, 1.82) is 0 Å². The summed E-state index contributed by atoms with van der Waals surface area (Å²) in [7, 11) is 0. The maximum atomic E-state index is 11.0. The summed E-state index contributed by atoms with van der Waals surface area (Å²) in [6.45, 7) is 0. The Bertz CT molecular complexity index is 1030. The average molecular weight is 379 g/mol. The molecular formula is C26H21NO2. The van der Waals surface area contributed by atoms with E-state index in [1.165, 1.54) is 5.56 Å². The molecule has 0 aliphatic carbocycles. The van der Waals surface area contributed by atoms with E-state index >= 15 is 0 Å². The Morgan fingerprint density at radius 2 is 1.00 bits per heavy atom. The van der Waals surface area contributed by atoms with E-state index in [0.29, 0.717) is 5.56 Å². The van der Waals surface area contributed by atoms with Gasteiger partial charge in [-0.2, -0.15) is 0 Å². The molecular weight excluding hydrogens is 358 g/mol. The molecule has 4 aromatic carbocycles. The lowest BCUT2D eigenvalue weighted by atomic mass is 10.0. The van der Waals surface area contributed by atoms with Crippen molar-refractivity contribution in [2.24, 2.45) is 0 Å². The molecule has 142 valence electrons. The summed E-state index contributed by atoms with van der Waals surface area (Å²) in [4.78, 5) is 13.2. The Balaban J connectivity index is 1.60. The van der Waals surface area contributed by atoms with Crippen molar-refractivity contribution in [2.45, 2.75) is 6.42 Å². The molecule has 0 atom stereocenters. The highest BCUT2D eigenvalue weighted by Gasteiger charge is 2.11. The van der Waals surface area contributed by atoms with Gasteiger partial charge in [-0.3, -0.25) is 0 Å². The number of anilines is 3. The predicted molar refractivity (Wildman–Crippen MR) is 117 cm³/mol. The number of benzene rings is 4. The Hall–Kier alpha value is -3.85. The van der Waals surface area contributed by atoms with Crippen LogP contribution in [0, 0.1) is 0 Å². The van der Waals surface area contributed by atoms with Crippen LogP contribution in [0.1, 0.15) is 21.5 Å². The topological polar surface area (TPSA) is 40.5 Å². The normalized spacial score (nSPS) is 10.5. The van der Waals surface area contributed by atoms with E-state index in [1.54, 1.807) is 12.1 Å². The molecule has 0 aliphatic rings. The second-order valence-electron chi connectivity index (χ2n) is 6.85. The first-order valence-corrected chi connectivity index (χ1v) is 9.52. The summed E-state index contributed by atoms with van der Waals surface area (Å²) in [5.41, 5.74) is 5.88. The number of carboxylic acids is 1. The van der Waals surface area contributed by atoms with Gasteiger partial charge in [-0.05, 0) is 66.1 Å². The van der Waals surface area contributed by atoms with Gasteiger partial charge in [-0.15, -0.1) is 0 Å². The predicted octanol–water partition coefficient (Wildman–Crippen LogP) is 6.45. The molecule has 4 rings (SSSR count). The van der Waals surface area contributed by atoms with Crippen LogP contribution in [0.2, 0.25) is 0 Å². The van der Waals surface area contributed by atoms with Gasteiger partial charge in [-0.25, -0.2) is 4.79 Å². The lowest BCUT2D eigenvalue weighted by Crippen LogP contribution is -2.09. The van der Waals surface area contributed by atoms with Crippen LogP contribution >= 0.6 is 0 Å². The maximum absolute atomic E-state index is 11.0. The molecule has 0 fully saturated rings. The summed E-state index contributed by atoms with van der Waals surface area (Å²) in [6, 6.07) is 36.2. The van der Waals surface area contributed by atoms with Crippen molar-refractivity contribution >= 4 is 23.0 Å². The van der Waals surface area contributed by atoms with E-state index in [0.717, 1.165) is 29.0 Å². The molecule has 0 amide bonds. The van der Waals surface area contributed by atoms with Gasteiger partial charge in [-0.1, -0.05) is 60.7 Å². The van der Waals surface area contributed by atoms with Crippen LogP contribution in [0.3, 0.4) is 0 Å². The number of aromatic carboxylic acids is 1. The summed E-state index contributed by atoms with van der Waals surface area (Å²) < 4.78 is 0. The first-order valence-electron chi connectivity index (χ1n) is 9.52. The minimum absolute atomic E-state index is 0.311. The number of rotatable bonds is 6. The molecule has 0 saturated carbocycles. The Morgan fingerprint density at radius 3 is 1.45 bits per heavy atom. The van der Waals surface area contributed by atoms with Crippen molar-refractivity contribution in [1.82, 2.24) is 0 Å². The standard InChI is InChI=1S/C26H21NO2/c28-26(29)22-15-11-20(12-16-22)19-21-13-17-25(18-14-21)27(23-7-3-1-4-8-23)24-9-5-2-6-10-24/h1-18H,19H2,(H,28,29). The van der Waals surface area contributed by atoms with Crippen LogP contribution in [0.4, 0.5) is 17.1 Å². The van der Waals surface area contributed by atoms with Crippen LogP contribution in [0.5, 0.6) is 0 Å². The maximum Gasteiger partial charge on any atom is 0.335 e. The molecule has 0 radical (unpaired) electrons. The number of carboxylic acid groups (broad SMARTS) is 1. The van der Waals surface area contributed by atoms with Gasteiger partial charge in [0, 0.05) is 17.1 Å². The highest BCUT2D eigenvalue weighted by atomic mass is 16.4. The Morgan fingerprint density at radius 1 is 0.586 bits per heavy atom. The minimum atomic E-state index is -0.900. The molecule has 0 unspecified atom stereocenters. The van der Waals surface area contributed by atoms with Crippen LogP contribution < -0.4 is 4.90 Å². The number of nitrogens with zero attached hydrogens (tertiary/aromatic N) is 1. The third-order valence-corrected chi connectivity index (χ3v) is 4.83. The highest BCUT2D eigenvalue weighted by Crippen LogP contribution is 2.34. The molecule has 0 spiro atoms. The van der Waals surface area contributed by atoms with Gasteiger partial charge >= 0.3 is 5.97 Å². The lowest BCUT2D eigenvalue weighted by molar-refractivity contribution is 0.0697. The van der Waals surface area contributed by atoms with Gasteiger partial charge in [0.05, 0.1) is 5.56 Å². The molecule has 1 N–H and O–H groups in total. The van der Waals surface area contributed by atoms with Crippen molar-refractivity contribution in [2.75, 3.05) is 4.90 Å². The minimum Gasteiger partial charge on any atom is -0.478 e. The molecule has 4 aromatic rings. The van der Waals surface area contributed by atoms with E-state index in [4.69, 9.17) is 5.11 Å². The first kappa shape index (κ1) is 18.5. The van der Waals surface area contributed by atoms with Gasteiger partial charge < -0.3 is 10.0 Å². The zero-order valence-electron chi connectivity index (χ0n) is 15.9. The smallest absolute Gasteiger partial charge is 0.335 e. The van der Waals surface area contributed by atoms with Gasteiger partial charge in [0.2, 0.25) is 0 Å². The summed E-state index contributed by atoms with van der Waals surface area (Å²) in [6.07, 6.45) is 0.761. The average Bonchev–Trinajstić information content (AvgIpc) is 2.77. The van der Waals surface area contributed by atoms with Crippen molar-refractivity contribution in [3.05, 3.63) is 126 Å².